The molecule has 1 saturated heterocycles. The van der Waals surface area contributed by atoms with E-state index in [0.29, 0.717) is 13.0 Å². The van der Waals surface area contributed by atoms with Crippen LogP contribution in [0.15, 0.2) is 0 Å². The third-order valence-electron chi connectivity index (χ3n) is 4.73. The predicted molar refractivity (Wildman–Crippen MR) is 75.4 cm³/mol. The van der Waals surface area contributed by atoms with Crippen molar-refractivity contribution in [3.05, 3.63) is 0 Å². The third-order valence-corrected chi connectivity index (χ3v) is 4.73. The maximum Gasteiger partial charge on any atom is 0.329 e. The van der Waals surface area contributed by atoms with Gasteiger partial charge in [-0.2, -0.15) is 0 Å². The number of urea groups is 1. The molecular weight excluding hydrogens is 258 g/mol. The van der Waals surface area contributed by atoms with Crippen LogP contribution in [0, 0.1) is 0 Å². The van der Waals surface area contributed by atoms with Crippen LogP contribution < -0.4 is 11.1 Å². The number of carbonyl (C=O) groups excluding carboxylic acids is 1. The second-order valence-electron chi connectivity index (χ2n) is 6.19. The molecule has 0 bridgehead atoms. The summed E-state index contributed by atoms with van der Waals surface area (Å²) < 4.78 is 0. The topological polar surface area (TPSA) is 95.7 Å². The second-order valence-corrected chi connectivity index (χ2v) is 6.19. The van der Waals surface area contributed by atoms with Crippen molar-refractivity contribution in [1.29, 1.82) is 0 Å². The van der Waals surface area contributed by atoms with Gasteiger partial charge in [-0.25, -0.2) is 9.59 Å². The van der Waals surface area contributed by atoms with Gasteiger partial charge in [-0.3, -0.25) is 0 Å². The van der Waals surface area contributed by atoms with Gasteiger partial charge in [0, 0.05) is 18.6 Å². The number of hydrogen-bond donors (Lipinski definition) is 3. The van der Waals surface area contributed by atoms with Crippen LogP contribution in [0.2, 0.25) is 0 Å². The van der Waals surface area contributed by atoms with E-state index in [2.05, 4.69) is 5.32 Å². The number of amides is 2. The Labute approximate surface area is 119 Å². The van der Waals surface area contributed by atoms with Crippen molar-refractivity contribution in [1.82, 2.24) is 10.2 Å². The Kier molecular flexibility index (Phi) is 4.52. The van der Waals surface area contributed by atoms with Crippen molar-refractivity contribution in [2.75, 3.05) is 6.54 Å². The Hall–Kier alpha value is -1.30. The average molecular weight is 283 g/mol. The molecule has 3 atom stereocenters. The molecule has 6 nitrogen and oxygen atoms in total. The molecule has 0 aromatic rings. The molecule has 1 aliphatic carbocycles. The standard InChI is InChI=1S/C14H25N3O3/c1-14(12(18)19)8-4-5-9-17(14)13(20)16-11-7-3-2-6-10(11)15/h10-11H,2-9,15H2,1H3,(H,16,20)(H,18,19). The number of piperidine rings is 1. The summed E-state index contributed by atoms with van der Waals surface area (Å²) in [5.74, 6) is -0.930. The lowest BCUT2D eigenvalue weighted by atomic mass is 9.88. The second kappa shape index (κ2) is 5.99. The van der Waals surface area contributed by atoms with Crippen LogP contribution in [0.1, 0.15) is 51.9 Å². The van der Waals surface area contributed by atoms with Crippen LogP contribution >= 0.6 is 0 Å². The van der Waals surface area contributed by atoms with Crippen LogP contribution in [-0.2, 0) is 4.79 Å². The Balaban J connectivity index is 2.04. The van der Waals surface area contributed by atoms with Gasteiger partial charge >= 0.3 is 12.0 Å². The number of nitrogens with zero attached hydrogens (tertiary/aromatic N) is 1. The van der Waals surface area contributed by atoms with Crippen molar-refractivity contribution >= 4 is 12.0 Å². The molecule has 2 aliphatic rings. The van der Waals surface area contributed by atoms with E-state index < -0.39 is 11.5 Å². The molecule has 1 heterocycles. The Morgan fingerprint density at radius 2 is 1.95 bits per heavy atom. The maximum absolute atomic E-state index is 12.4. The first-order chi connectivity index (χ1) is 9.45. The zero-order chi connectivity index (χ0) is 14.8. The summed E-state index contributed by atoms with van der Waals surface area (Å²) in [5.41, 5.74) is 4.94. The zero-order valence-electron chi connectivity index (χ0n) is 12.1. The van der Waals surface area contributed by atoms with Gasteiger partial charge in [-0.1, -0.05) is 12.8 Å². The van der Waals surface area contributed by atoms with Crippen molar-refractivity contribution in [2.24, 2.45) is 5.73 Å². The first kappa shape index (κ1) is 15.1. The molecule has 0 radical (unpaired) electrons. The number of rotatable bonds is 2. The minimum Gasteiger partial charge on any atom is -0.480 e. The molecule has 0 aromatic carbocycles. The Bertz CT molecular complexity index is 388. The highest BCUT2D eigenvalue weighted by molar-refractivity contribution is 5.86. The number of carbonyl (C=O) groups is 2. The SMILES string of the molecule is CC1(C(=O)O)CCCCN1C(=O)NC1CCCCC1N. The van der Waals surface area contributed by atoms with Crippen LogP contribution in [0.4, 0.5) is 4.79 Å². The lowest BCUT2D eigenvalue weighted by Gasteiger charge is -2.42. The molecule has 0 aromatic heterocycles. The van der Waals surface area contributed by atoms with E-state index in [-0.39, 0.29) is 18.1 Å². The molecule has 2 fully saturated rings. The number of carboxylic acids is 1. The van der Waals surface area contributed by atoms with E-state index >= 15 is 0 Å². The van der Waals surface area contributed by atoms with E-state index in [4.69, 9.17) is 5.73 Å². The fraction of sp³-hybridized carbons (Fsp3) is 0.857. The summed E-state index contributed by atoms with van der Waals surface area (Å²) in [6, 6.07) is -0.332. The van der Waals surface area contributed by atoms with Crippen LogP contribution in [0.5, 0.6) is 0 Å². The first-order valence-electron chi connectivity index (χ1n) is 7.52. The number of hydrogen-bond acceptors (Lipinski definition) is 3. The zero-order valence-corrected chi connectivity index (χ0v) is 12.1. The largest absolute Gasteiger partial charge is 0.480 e. The molecule has 2 amide bonds. The Morgan fingerprint density at radius 1 is 1.25 bits per heavy atom. The quantitative estimate of drug-likeness (QED) is 0.711. The monoisotopic (exact) mass is 283 g/mol. The Morgan fingerprint density at radius 3 is 2.60 bits per heavy atom. The number of nitrogens with one attached hydrogen (secondary N) is 1. The fourth-order valence-corrected chi connectivity index (χ4v) is 3.24. The van der Waals surface area contributed by atoms with E-state index in [1.165, 1.54) is 4.90 Å². The molecular formula is C14H25N3O3. The third kappa shape index (κ3) is 2.90. The highest BCUT2D eigenvalue weighted by atomic mass is 16.4. The predicted octanol–water partition coefficient (Wildman–Crippen LogP) is 1.30. The summed E-state index contributed by atoms with van der Waals surface area (Å²) in [6.45, 7) is 2.13. The average Bonchev–Trinajstić information content (AvgIpc) is 2.41. The summed E-state index contributed by atoms with van der Waals surface area (Å²) in [6.07, 6.45) is 6.17. The summed E-state index contributed by atoms with van der Waals surface area (Å²) in [7, 11) is 0. The van der Waals surface area contributed by atoms with Gasteiger partial charge in [0.15, 0.2) is 0 Å². The van der Waals surface area contributed by atoms with Crippen molar-refractivity contribution in [3.8, 4) is 0 Å². The molecule has 20 heavy (non-hydrogen) atoms. The van der Waals surface area contributed by atoms with E-state index in [1.807, 2.05) is 0 Å². The van der Waals surface area contributed by atoms with E-state index in [0.717, 1.165) is 38.5 Å². The van der Waals surface area contributed by atoms with Gasteiger partial charge in [0.1, 0.15) is 5.54 Å². The molecule has 4 N–H and O–H groups in total. The highest BCUT2D eigenvalue weighted by Crippen LogP contribution is 2.28. The van der Waals surface area contributed by atoms with Gasteiger partial charge in [0.05, 0.1) is 0 Å². The normalized spacial score (nSPS) is 34.6. The number of carboxylic acid groups (broad SMARTS) is 1. The van der Waals surface area contributed by atoms with Gasteiger partial charge in [-0.05, 0) is 39.0 Å². The van der Waals surface area contributed by atoms with Gasteiger partial charge in [0.2, 0.25) is 0 Å². The van der Waals surface area contributed by atoms with E-state index in [1.54, 1.807) is 6.92 Å². The van der Waals surface area contributed by atoms with Crippen LogP contribution in [0.3, 0.4) is 0 Å². The molecule has 3 unspecified atom stereocenters. The summed E-state index contributed by atoms with van der Waals surface area (Å²) in [5, 5.41) is 12.4. The highest BCUT2D eigenvalue weighted by Gasteiger charge is 2.44. The smallest absolute Gasteiger partial charge is 0.329 e. The number of aliphatic carboxylic acids is 1. The number of likely N-dealkylation sites (tertiary alicyclic amines) is 1. The molecule has 2 rings (SSSR count). The first-order valence-corrected chi connectivity index (χ1v) is 7.52. The lowest BCUT2D eigenvalue weighted by Crippen LogP contribution is -2.62. The van der Waals surface area contributed by atoms with Gasteiger partial charge < -0.3 is 21.1 Å². The molecule has 0 spiro atoms. The van der Waals surface area contributed by atoms with Crippen molar-refractivity contribution < 1.29 is 14.7 Å². The van der Waals surface area contributed by atoms with E-state index in [9.17, 15) is 14.7 Å². The summed E-state index contributed by atoms with van der Waals surface area (Å²) >= 11 is 0. The molecule has 1 saturated carbocycles. The van der Waals surface area contributed by atoms with Crippen LogP contribution in [-0.4, -0.2) is 46.2 Å². The lowest BCUT2D eigenvalue weighted by molar-refractivity contribution is -0.150. The molecule has 1 aliphatic heterocycles. The van der Waals surface area contributed by atoms with Gasteiger partial charge in [0.25, 0.3) is 0 Å². The minimum atomic E-state index is -1.10. The minimum absolute atomic E-state index is 0.0198. The van der Waals surface area contributed by atoms with Crippen molar-refractivity contribution in [3.63, 3.8) is 0 Å². The molecule has 6 heteroatoms. The number of nitrogens with two attached hydrogens (primary N) is 1. The van der Waals surface area contributed by atoms with Gasteiger partial charge in [-0.15, -0.1) is 0 Å². The summed E-state index contributed by atoms with van der Waals surface area (Å²) in [4.78, 5) is 25.4. The van der Waals surface area contributed by atoms with Crippen LogP contribution in [0.25, 0.3) is 0 Å². The molecule has 114 valence electrons. The van der Waals surface area contributed by atoms with Crippen molar-refractivity contribution in [2.45, 2.75) is 69.5 Å². The maximum atomic E-state index is 12.4. The fourth-order valence-electron chi connectivity index (χ4n) is 3.24.